The van der Waals surface area contributed by atoms with Crippen LogP contribution in [0.25, 0.3) is 0 Å². The van der Waals surface area contributed by atoms with E-state index < -0.39 is 0 Å². The minimum atomic E-state index is -0.0805. The van der Waals surface area contributed by atoms with Crippen molar-refractivity contribution in [2.75, 3.05) is 5.32 Å². The lowest BCUT2D eigenvalue weighted by Gasteiger charge is -2.25. The van der Waals surface area contributed by atoms with E-state index in [-0.39, 0.29) is 11.8 Å². The molecule has 0 aliphatic carbocycles. The van der Waals surface area contributed by atoms with E-state index in [4.69, 9.17) is 16.3 Å². The van der Waals surface area contributed by atoms with Crippen molar-refractivity contribution < 1.29 is 9.53 Å². The molecule has 0 saturated heterocycles. The second-order valence-electron chi connectivity index (χ2n) is 6.33. The van der Waals surface area contributed by atoms with Crippen LogP contribution in [-0.2, 0) is 18.4 Å². The molecule has 0 bridgehead atoms. The third kappa shape index (κ3) is 3.18. The molecule has 1 aliphatic heterocycles. The summed E-state index contributed by atoms with van der Waals surface area (Å²) in [5, 5.41) is 7.87. The first kappa shape index (κ1) is 16.7. The van der Waals surface area contributed by atoms with Crippen molar-refractivity contribution in [1.29, 1.82) is 0 Å². The first-order valence-electron chi connectivity index (χ1n) is 8.40. The lowest BCUT2D eigenvalue weighted by atomic mass is 9.87. The van der Waals surface area contributed by atoms with Gasteiger partial charge in [0.15, 0.2) is 0 Å². The Morgan fingerprint density at radius 3 is 2.92 bits per heavy atom. The number of aryl methyl sites for hydroxylation is 1. The van der Waals surface area contributed by atoms with Crippen LogP contribution < -0.4 is 10.1 Å². The number of benzene rings is 2. The Morgan fingerprint density at radius 1 is 1.23 bits per heavy atom. The van der Waals surface area contributed by atoms with Crippen molar-refractivity contribution >= 4 is 23.3 Å². The number of hydrogen-bond donors (Lipinski definition) is 1. The van der Waals surface area contributed by atoms with E-state index in [9.17, 15) is 4.79 Å². The zero-order valence-electron chi connectivity index (χ0n) is 14.3. The van der Waals surface area contributed by atoms with E-state index in [2.05, 4.69) is 10.4 Å². The largest absolute Gasteiger partial charge is 0.489 e. The molecule has 0 unspecified atom stereocenters. The molecule has 0 fully saturated rings. The maximum absolute atomic E-state index is 12.2. The molecule has 1 atom stereocenters. The number of hydrogen-bond acceptors (Lipinski definition) is 3. The summed E-state index contributed by atoms with van der Waals surface area (Å²) in [6.07, 6.45) is 2.18. The van der Waals surface area contributed by atoms with Crippen molar-refractivity contribution in [3.63, 3.8) is 0 Å². The second kappa shape index (κ2) is 6.84. The van der Waals surface area contributed by atoms with Gasteiger partial charge in [-0.2, -0.15) is 5.10 Å². The summed E-state index contributed by atoms with van der Waals surface area (Å²) in [4.78, 5) is 12.2. The molecule has 2 aromatic carbocycles. The lowest BCUT2D eigenvalue weighted by molar-refractivity contribution is -0.116. The number of ether oxygens (including phenoxy) is 1. The average Bonchev–Trinajstić information content (AvgIpc) is 3.01. The lowest BCUT2D eigenvalue weighted by Crippen LogP contribution is -2.24. The van der Waals surface area contributed by atoms with Crippen molar-refractivity contribution in [2.24, 2.45) is 7.05 Å². The minimum absolute atomic E-state index is 0.0178. The highest BCUT2D eigenvalue weighted by atomic mass is 35.5. The smallest absolute Gasteiger partial charge is 0.226 e. The van der Waals surface area contributed by atoms with Crippen LogP contribution in [0.1, 0.15) is 29.0 Å². The Kier molecular flexibility index (Phi) is 4.39. The molecular formula is C20H18ClN3O2. The van der Waals surface area contributed by atoms with Gasteiger partial charge in [-0.1, -0.05) is 41.9 Å². The Labute approximate surface area is 156 Å². The number of carbonyl (C=O) groups excluding carboxylic acids is 1. The highest BCUT2D eigenvalue weighted by molar-refractivity contribution is 6.30. The number of aromatic nitrogens is 2. The number of anilines is 1. The molecule has 1 aliphatic rings. The van der Waals surface area contributed by atoms with Crippen molar-refractivity contribution in [3.8, 4) is 5.75 Å². The van der Waals surface area contributed by atoms with Crippen LogP contribution in [0.15, 0.2) is 54.7 Å². The summed E-state index contributed by atoms with van der Waals surface area (Å²) >= 11 is 6.04. The minimum Gasteiger partial charge on any atom is -0.489 e. The Bertz CT molecular complexity index is 967. The van der Waals surface area contributed by atoms with Crippen LogP contribution in [0, 0.1) is 0 Å². The molecular weight excluding hydrogens is 350 g/mol. The molecule has 6 heteroatoms. The molecule has 1 aromatic heterocycles. The van der Waals surface area contributed by atoms with Gasteiger partial charge in [0.05, 0.1) is 6.20 Å². The fourth-order valence-electron chi connectivity index (χ4n) is 3.31. The SMILES string of the molecule is Cn1ncc2c1NC(=O)C[C@H]2c1ccccc1OCc1cccc(Cl)c1. The Hall–Kier alpha value is -2.79. The molecule has 3 aromatic rings. The summed E-state index contributed by atoms with van der Waals surface area (Å²) < 4.78 is 7.76. The monoisotopic (exact) mass is 367 g/mol. The number of carbonyl (C=O) groups is 1. The van der Waals surface area contributed by atoms with Gasteiger partial charge in [-0.05, 0) is 23.8 Å². The Morgan fingerprint density at radius 2 is 2.08 bits per heavy atom. The highest BCUT2D eigenvalue weighted by Crippen LogP contribution is 2.40. The predicted molar refractivity (Wildman–Crippen MR) is 101 cm³/mol. The highest BCUT2D eigenvalue weighted by Gasteiger charge is 2.31. The van der Waals surface area contributed by atoms with Gasteiger partial charge in [-0.3, -0.25) is 9.48 Å². The second-order valence-corrected chi connectivity index (χ2v) is 6.77. The summed E-state index contributed by atoms with van der Waals surface area (Å²) in [5.41, 5.74) is 2.99. The zero-order valence-corrected chi connectivity index (χ0v) is 15.0. The molecule has 4 rings (SSSR count). The quantitative estimate of drug-likeness (QED) is 0.754. The van der Waals surface area contributed by atoms with Crippen LogP contribution in [-0.4, -0.2) is 15.7 Å². The molecule has 2 heterocycles. The summed E-state index contributed by atoms with van der Waals surface area (Å²) in [6.45, 7) is 0.413. The molecule has 0 spiro atoms. The summed E-state index contributed by atoms with van der Waals surface area (Å²) in [5.74, 6) is 1.41. The number of fused-ring (bicyclic) bond motifs is 1. The van der Waals surface area contributed by atoms with Gasteiger partial charge in [-0.15, -0.1) is 0 Å². The zero-order chi connectivity index (χ0) is 18.1. The van der Waals surface area contributed by atoms with Crippen molar-refractivity contribution in [2.45, 2.75) is 18.9 Å². The van der Waals surface area contributed by atoms with Gasteiger partial charge in [0.1, 0.15) is 18.2 Å². The molecule has 0 radical (unpaired) electrons. The number of amides is 1. The van der Waals surface area contributed by atoms with Crippen LogP contribution in [0.2, 0.25) is 5.02 Å². The molecule has 1 amide bonds. The fraction of sp³-hybridized carbons (Fsp3) is 0.200. The third-order valence-electron chi connectivity index (χ3n) is 4.57. The maximum atomic E-state index is 12.2. The fourth-order valence-corrected chi connectivity index (χ4v) is 3.52. The van der Waals surface area contributed by atoms with Gasteiger partial charge < -0.3 is 10.1 Å². The van der Waals surface area contributed by atoms with Gasteiger partial charge in [-0.25, -0.2) is 0 Å². The van der Waals surface area contributed by atoms with E-state index in [1.165, 1.54) is 0 Å². The van der Waals surface area contributed by atoms with Gasteiger partial charge >= 0.3 is 0 Å². The molecule has 132 valence electrons. The van der Waals surface area contributed by atoms with E-state index in [1.807, 2.05) is 61.8 Å². The van der Waals surface area contributed by atoms with Crippen molar-refractivity contribution in [1.82, 2.24) is 9.78 Å². The topological polar surface area (TPSA) is 56.2 Å². The molecule has 0 saturated carbocycles. The van der Waals surface area contributed by atoms with Crippen LogP contribution in [0.5, 0.6) is 5.75 Å². The van der Waals surface area contributed by atoms with Crippen molar-refractivity contribution in [3.05, 3.63) is 76.4 Å². The van der Waals surface area contributed by atoms with Gasteiger partial charge in [0.25, 0.3) is 0 Å². The summed E-state index contributed by atoms with van der Waals surface area (Å²) in [7, 11) is 1.82. The number of rotatable bonds is 4. The van der Waals surface area contributed by atoms with Crippen LogP contribution in [0.3, 0.4) is 0 Å². The van der Waals surface area contributed by atoms with Crippen LogP contribution in [0.4, 0.5) is 5.82 Å². The summed E-state index contributed by atoms with van der Waals surface area (Å²) in [6, 6.07) is 15.4. The van der Waals surface area contributed by atoms with E-state index >= 15 is 0 Å². The number of halogens is 1. The number of nitrogens with one attached hydrogen (secondary N) is 1. The van der Waals surface area contributed by atoms with Gasteiger partial charge in [0, 0.05) is 35.5 Å². The molecule has 26 heavy (non-hydrogen) atoms. The normalized spacial score (nSPS) is 16.1. The standard InChI is InChI=1S/C20H18ClN3O2/c1-24-20-17(11-22-24)16(10-19(25)23-20)15-7-2-3-8-18(15)26-12-13-5-4-6-14(21)9-13/h2-9,11,16H,10,12H2,1H3,(H,23,25)/t16-/m0/s1. The van der Waals surface area contributed by atoms with Crippen LogP contribution >= 0.6 is 11.6 Å². The third-order valence-corrected chi connectivity index (χ3v) is 4.80. The Balaban J connectivity index is 1.65. The molecule has 5 nitrogen and oxygen atoms in total. The predicted octanol–water partition coefficient (Wildman–Crippen LogP) is 4.13. The number of para-hydroxylation sites is 1. The number of nitrogens with zero attached hydrogens (tertiary/aromatic N) is 2. The van der Waals surface area contributed by atoms with E-state index in [1.54, 1.807) is 4.68 Å². The maximum Gasteiger partial charge on any atom is 0.226 e. The van der Waals surface area contributed by atoms with E-state index in [0.29, 0.717) is 18.1 Å². The first-order chi connectivity index (χ1) is 12.6. The average molecular weight is 368 g/mol. The molecule has 1 N–H and O–H groups in total. The van der Waals surface area contributed by atoms with E-state index in [0.717, 1.165) is 28.3 Å². The van der Waals surface area contributed by atoms with Gasteiger partial charge in [0.2, 0.25) is 5.91 Å². The first-order valence-corrected chi connectivity index (χ1v) is 8.77.